The van der Waals surface area contributed by atoms with Crippen molar-refractivity contribution in [3.8, 4) is 28.1 Å². The van der Waals surface area contributed by atoms with Crippen molar-refractivity contribution < 1.29 is 18.6 Å². The maximum absolute atomic E-state index is 6.27. The van der Waals surface area contributed by atoms with E-state index in [1.165, 1.54) is 22.6 Å². The van der Waals surface area contributed by atoms with Gasteiger partial charge in [-0.15, -0.1) is 5.10 Å². The number of rotatable bonds is 7. The lowest BCUT2D eigenvalue weighted by Gasteiger charge is -2.40. The summed E-state index contributed by atoms with van der Waals surface area (Å²) >= 11 is 1.38. The molecule has 0 bridgehead atoms. The van der Waals surface area contributed by atoms with E-state index in [-0.39, 0.29) is 0 Å². The Morgan fingerprint density at radius 3 is 2.65 bits per heavy atom. The molecular formula is C25H24N4O4S. The van der Waals surface area contributed by atoms with Crippen molar-refractivity contribution in [2.75, 3.05) is 38.8 Å². The van der Waals surface area contributed by atoms with Crippen LogP contribution in [0, 0.1) is 12.8 Å². The van der Waals surface area contributed by atoms with Crippen LogP contribution in [0.1, 0.15) is 5.56 Å². The average Bonchev–Trinajstić information content (AvgIpc) is 3.51. The molecule has 0 atom stereocenters. The Kier molecular flexibility index (Phi) is 5.06. The molecule has 6 rings (SSSR count). The maximum Gasteiger partial charge on any atom is 0.294 e. The predicted molar refractivity (Wildman–Crippen MR) is 132 cm³/mol. The second-order valence-electron chi connectivity index (χ2n) is 8.49. The van der Waals surface area contributed by atoms with Gasteiger partial charge < -0.3 is 23.5 Å². The van der Waals surface area contributed by atoms with Gasteiger partial charge in [-0.1, -0.05) is 17.7 Å². The van der Waals surface area contributed by atoms with Crippen LogP contribution in [0.25, 0.3) is 27.4 Å². The van der Waals surface area contributed by atoms with Gasteiger partial charge in [0.1, 0.15) is 22.8 Å². The number of benzene rings is 2. The summed E-state index contributed by atoms with van der Waals surface area (Å²) in [5, 5.41) is 5.79. The van der Waals surface area contributed by atoms with E-state index in [0.29, 0.717) is 40.5 Å². The Balaban J connectivity index is 1.21. The van der Waals surface area contributed by atoms with E-state index in [4.69, 9.17) is 18.6 Å². The molecule has 2 aromatic carbocycles. The van der Waals surface area contributed by atoms with Crippen molar-refractivity contribution in [2.45, 2.75) is 6.92 Å². The van der Waals surface area contributed by atoms with Crippen LogP contribution < -0.4 is 19.1 Å². The molecule has 9 heteroatoms. The minimum absolute atomic E-state index is 0.468. The third kappa shape index (κ3) is 3.71. The molecule has 0 spiro atoms. The zero-order valence-electron chi connectivity index (χ0n) is 19.1. The molecule has 0 saturated carbocycles. The van der Waals surface area contributed by atoms with E-state index < -0.39 is 0 Å². The molecule has 8 nitrogen and oxygen atoms in total. The highest BCUT2D eigenvalue weighted by atomic mass is 32.1. The number of hydrogen-bond acceptors (Lipinski definition) is 8. The molecule has 5 aromatic rings. The third-order valence-corrected chi connectivity index (χ3v) is 6.98. The van der Waals surface area contributed by atoms with Gasteiger partial charge in [-0.25, -0.2) is 9.50 Å². The largest absolute Gasteiger partial charge is 0.496 e. The van der Waals surface area contributed by atoms with Crippen LogP contribution in [0.2, 0.25) is 0 Å². The Hall–Kier alpha value is -3.72. The molecule has 0 amide bonds. The van der Waals surface area contributed by atoms with Gasteiger partial charge in [0.25, 0.3) is 5.19 Å². The van der Waals surface area contributed by atoms with Gasteiger partial charge in [0.15, 0.2) is 5.76 Å². The number of fused-ring (bicyclic) bond motifs is 2. The highest BCUT2D eigenvalue weighted by Crippen LogP contribution is 2.38. The normalized spacial score (nSPS) is 14.0. The molecule has 0 unspecified atom stereocenters. The fourth-order valence-electron chi connectivity index (χ4n) is 4.18. The molecule has 4 heterocycles. The zero-order valence-corrected chi connectivity index (χ0v) is 20.0. The first-order valence-electron chi connectivity index (χ1n) is 11.1. The summed E-state index contributed by atoms with van der Waals surface area (Å²) in [6.07, 6.45) is 1.83. The number of furan rings is 1. The predicted octanol–water partition coefficient (Wildman–Crippen LogP) is 5.04. The summed E-state index contributed by atoms with van der Waals surface area (Å²) in [4.78, 5) is 7.74. The number of anilines is 1. The number of nitrogens with zero attached hydrogens (tertiary/aromatic N) is 4. The molecule has 0 radical (unpaired) electrons. The maximum atomic E-state index is 6.27. The van der Waals surface area contributed by atoms with Crippen LogP contribution >= 0.6 is 11.3 Å². The Bertz CT molecular complexity index is 1430. The van der Waals surface area contributed by atoms with Gasteiger partial charge in [-0.05, 0) is 36.5 Å². The van der Waals surface area contributed by atoms with Gasteiger partial charge in [0, 0.05) is 36.8 Å². The van der Waals surface area contributed by atoms with Gasteiger partial charge in [-0.2, -0.15) is 0 Å². The monoisotopic (exact) mass is 476 g/mol. The zero-order chi connectivity index (χ0) is 23.2. The van der Waals surface area contributed by atoms with E-state index in [0.717, 1.165) is 29.2 Å². The Morgan fingerprint density at radius 2 is 1.91 bits per heavy atom. The molecular weight excluding hydrogens is 452 g/mol. The first kappa shape index (κ1) is 20.9. The summed E-state index contributed by atoms with van der Waals surface area (Å²) in [6.45, 7) is 4.70. The fourth-order valence-corrected chi connectivity index (χ4v) is 4.88. The van der Waals surface area contributed by atoms with Crippen molar-refractivity contribution in [2.24, 2.45) is 5.92 Å². The van der Waals surface area contributed by atoms with Crippen molar-refractivity contribution in [3.63, 3.8) is 0 Å². The van der Waals surface area contributed by atoms with Crippen LogP contribution in [-0.2, 0) is 0 Å². The molecule has 0 N–H and O–H groups in total. The first-order chi connectivity index (χ1) is 16.6. The molecule has 3 aromatic heterocycles. The molecule has 174 valence electrons. The van der Waals surface area contributed by atoms with Gasteiger partial charge in [0.2, 0.25) is 4.96 Å². The van der Waals surface area contributed by atoms with Gasteiger partial charge in [-0.3, -0.25) is 0 Å². The third-order valence-electron chi connectivity index (χ3n) is 6.09. The first-order valence-corrected chi connectivity index (χ1v) is 11.9. The summed E-state index contributed by atoms with van der Waals surface area (Å²) in [7, 11) is 3.24. The van der Waals surface area contributed by atoms with E-state index in [1.807, 2.05) is 24.4 Å². The average molecular weight is 477 g/mol. The lowest BCUT2D eigenvalue weighted by Crippen LogP contribution is -2.49. The second-order valence-corrected chi connectivity index (χ2v) is 9.41. The number of imidazole rings is 1. The SMILES string of the molecule is COc1cc(OCC2CN(c3ccc(C)cc3)C2)c2cc(-c3cn4nc(OC)sc4n3)oc2c1. The Labute approximate surface area is 200 Å². The number of hydrogen-bond donors (Lipinski definition) is 0. The number of aromatic nitrogens is 3. The Morgan fingerprint density at radius 1 is 1.09 bits per heavy atom. The quantitative estimate of drug-likeness (QED) is 0.326. The smallest absolute Gasteiger partial charge is 0.294 e. The van der Waals surface area contributed by atoms with Gasteiger partial charge >= 0.3 is 0 Å². The lowest BCUT2D eigenvalue weighted by molar-refractivity contribution is 0.222. The lowest BCUT2D eigenvalue weighted by atomic mass is 10.00. The number of ether oxygens (including phenoxy) is 3. The van der Waals surface area contributed by atoms with Crippen molar-refractivity contribution in [1.82, 2.24) is 14.6 Å². The minimum atomic E-state index is 0.468. The van der Waals surface area contributed by atoms with E-state index in [1.54, 1.807) is 18.7 Å². The van der Waals surface area contributed by atoms with E-state index >= 15 is 0 Å². The van der Waals surface area contributed by atoms with Gasteiger partial charge in [0.05, 0.1) is 32.4 Å². The van der Waals surface area contributed by atoms with Crippen molar-refractivity contribution in [1.29, 1.82) is 0 Å². The molecule has 1 fully saturated rings. The fraction of sp³-hybridized carbons (Fsp3) is 0.280. The van der Waals surface area contributed by atoms with Crippen LogP contribution in [0.15, 0.2) is 53.1 Å². The highest BCUT2D eigenvalue weighted by molar-refractivity contribution is 7.18. The summed E-state index contributed by atoms with van der Waals surface area (Å²) in [5.41, 5.74) is 3.94. The molecule has 1 aliphatic rings. The topological polar surface area (TPSA) is 74.3 Å². The van der Waals surface area contributed by atoms with E-state index in [9.17, 15) is 0 Å². The highest BCUT2D eigenvalue weighted by Gasteiger charge is 2.28. The number of aryl methyl sites for hydroxylation is 1. The van der Waals surface area contributed by atoms with Crippen LogP contribution in [-0.4, -0.2) is 48.5 Å². The van der Waals surface area contributed by atoms with Crippen molar-refractivity contribution >= 4 is 33.0 Å². The molecule has 34 heavy (non-hydrogen) atoms. The summed E-state index contributed by atoms with van der Waals surface area (Å²) in [6, 6.07) is 14.4. The molecule has 1 aliphatic heterocycles. The number of methoxy groups -OCH3 is 2. The molecule has 1 saturated heterocycles. The van der Waals surface area contributed by atoms with Crippen molar-refractivity contribution in [3.05, 3.63) is 54.2 Å². The van der Waals surface area contributed by atoms with Crippen LogP contribution in [0.3, 0.4) is 0 Å². The standard InChI is InChI=1S/C25H24N4O4S/c1-15-4-6-17(7-5-15)28-11-16(12-28)14-32-21-8-18(30-2)9-22-19(21)10-23(33-22)20-13-29-24(26-20)34-25(27-29)31-3/h4-10,13,16H,11-12,14H2,1-3H3. The minimum Gasteiger partial charge on any atom is -0.496 e. The molecule has 0 aliphatic carbocycles. The van der Waals surface area contributed by atoms with Crippen LogP contribution in [0.4, 0.5) is 5.69 Å². The summed E-state index contributed by atoms with van der Waals surface area (Å²) < 4.78 is 24.8. The summed E-state index contributed by atoms with van der Waals surface area (Å²) in [5.74, 6) is 2.56. The van der Waals surface area contributed by atoms with Crippen LogP contribution in [0.5, 0.6) is 16.7 Å². The second kappa shape index (κ2) is 8.25. The van der Waals surface area contributed by atoms with E-state index in [2.05, 4.69) is 46.2 Å².